The lowest BCUT2D eigenvalue weighted by Crippen LogP contribution is -2.42. The number of hydrogen-bond donors (Lipinski definition) is 0. The molecule has 1 aromatic carbocycles. The molecule has 0 unspecified atom stereocenters. The standard InChI is InChI=1S/C19H29NO4S/c1-4-15(2)20(19(21)17-8-6-5-7-9-17)14-16-10-12-18(13-11-16)24-25(3,22)23/h10-13,15,17H,4-9,14H2,1-3H3/t15-/m0/s1. The van der Waals surface area contributed by atoms with Gasteiger partial charge in [0.1, 0.15) is 5.75 Å². The van der Waals surface area contributed by atoms with Gasteiger partial charge in [0.15, 0.2) is 0 Å². The summed E-state index contributed by atoms with van der Waals surface area (Å²) < 4.78 is 27.2. The summed E-state index contributed by atoms with van der Waals surface area (Å²) in [5.41, 5.74) is 0.977. The molecule has 1 atom stereocenters. The van der Waals surface area contributed by atoms with E-state index in [1.165, 1.54) is 6.42 Å². The molecule has 6 heteroatoms. The maximum atomic E-state index is 13.0. The summed E-state index contributed by atoms with van der Waals surface area (Å²) in [5, 5.41) is 0. The third kappa shape index (κ3) is 6.03. The minimum atomic E-state index is -3.52. The smallest absolute Gasteiger partial charge is 0.306 e. The van der Waals surface area contributed by atoms with E-state index >= 15 is 0 Å². The van der Waals surface area contributed by atoms with E-state index in [1.807, 2.05) is 17.0 Å². The van der Waals surface area contributed by atoms with Gasteiger partial charge in [0.25, 0.3) is 0 Å². The Balaban J connectivity index is 2.09. The van der Waals surface area contributed by atoms with E-state index in [9.17, 15) is 13.2 Å². The number of rotatable bonds is 7. The molecule has 1 aliphatic rings. The second-order valence-electron chi connectivity index (χ2n) is 6.99. The van der Waals surface area contributed by atoms with Crippen LogP contribution in [0, 0.1) is 5.92 Å². The molecule has 0 N–H and O–H groups in total. The largest absolute Gasteiger partial charge is 0.383 e. The molecule has 0 heterocycles. The second-order valence-corrected chi connectivity index (χ2v) is 8.56. The maximum Gasteiger partial charge on any atom is 0.306 e. The fourth-order valence-corrected chi connectivity index (χ4v) is 3.74. The Labute approximate surface area is 151 Å². The average Bonchev–Trinajstić information content (AvgIpc) is 2.59. The van der Waals surface area contributed by atoms with Crippen LogP contribution in [0.1, 0.15) is 57.9 Å². The quantitative estimate of drug-likeness (QED) is 0.689. The molecule has 1 aliphatic carbocycles. The Morgan fingerprint density at radius 1 is 1.20 bits per heavy atom. The molecule has 140 valence electrons. The van der Waals surface area contributed by atoms with Gasteiger partial charge >= 0.3 is 10.1 Å². The summed E-state index contributed by atoms with van der Waals surface area (Å²) in [6.45, 7) is 4.72. The van der Waals surface area contributed by atoms with Gasteiger partial charge < -0.3 is 9.08 Å². The van der Waals surface area contributed by atoms with Crippen LogP contribution < -0.4 is 4.18 Å². The molecule has 1 saturated carbocycles. The number of hydrogen-bond acceptors (Lipinski definition) is 4. The molecule has 0 aromatic heterocycles. The first-order valence-corrected chi connectivity index (χ1v) is 10.9. The van der Waals surface area contributed by atoms with Crippen molar-refractivity contribution in [2.75, 3.05) is 6.26 Å². The molecule has 25 heavy (non-hydrogen) atoms. The zero-order valence-electron chi connectivity index (χ0n) is 15.4. The Kier molecular flexibility index (Phi) is 6.87. The van der Waals surface area contributed by atoms with Crippen molar-refractivity contribution >= 4 is 16.0 Å². The third-order valence-electron chi connectivity index (χ3n) is 4.88. The first-order chi connectivity index (χ1) is 11.8. The lowest BCUT2D eigenvalue weighted by atomic mass is 9.87. The molecular formula is C19H29NO4S. The van der Waals surface area contributed by atoms with Crippen LogP contribution in [0.4, 0.5) is 0 Å². The van der Waals surface area contributed by atoms with E-state index in [1.54, 1.807) is 12.1 Å². The van der Waals surface area contributed by atoms with Crippen molar-refractivity contribution in [3.63, 3.8) is 0 Å². The summed E-state index contributed by atoms with van der Waals surface area (Å²) in [7, 11) is -3.52. The first-order valence-electron chi connectivity index (χ1n) is 9.09. The van der Waals surface area contributed by atoms with Crippen molar-refractivity contribution in [2.45, 2.75) is 65.0 Å². The Bertz CT molecular complexity index is 663. The van der Waals surface area contributed by atoms with Crippen LogP contribution in [0.25, 0.3) is 0 Å². The maximum absolute atomic E-state index is 13.0. The SMILES string of the molecule is CC[C@H](C)N(Cc1ccc(OS(C)(=O)=O)cc1)C(=O)C1CCCCC1. The van der Waals surface area contributed by atoms with Crippen molar-refractivity contribution in [3.05, 3.63) is 29.8 Å². The van der Waals surface area contributed by atoms with Crippen molar-refractivity contribution in [3.8, 4) is 5.75 Å². The lowest BCUT2D eigenvalue weighted by molar-refractivity contribution is -0.139. The number of carbonyl (C=O) groups excluding carboxylic acids is 1. The summed E-state index contributed by atoms with van der Waals surface area (Å²) >= 11 is 0. The molecule has 1 fully saturated rings. The zero-order valence-corrected chi connectivity index (χ0v) is 16.2. The average molecular weight is 368 g/mol. The predicted molar refractivity (Wildman–Crippen MR) is 98.8 cm³/mol. The van der Waals surface area contributed by atoms with Gasteiger partial charge in [-0.25, -0.2) is 0 Å². The van der Waals surface area contributed by atoms with Crippen molar-refractivity contribution in [1.82, 2.24) is 4.90 Å². The van der Waals surface area contributed by atoms with Gasteiger partial charge in [0.05, 0.1) is 6.26 Å². The Morgan fingerprint density at radius 3 is 2.32 bits per heavy atom. The highest BCUT2D eigenvalue weighted by molar-refractivity contribution is 7.86. The van der Waals surface area contributed by atoms with Gasteiger partial charge in [0, 0.05) is 18.5 Å². The normalized spacial score (nSPS) is 17.1. The van der Waals surface area contributed by atoms with Crippen LogP contribution in [0.5, 0.6) is 5.75 Å². The minimum absolute atomic E-state index is 0.149. The van der Waals surface area contributed by atoms with E-state index in [-0.39, 0.29) is 17.9 Å². The molecule has 0 spiro atoms. The van der Waals surface area contributed by atoms with E-state index in [0.717, 1.165) is 43.9 Å². The summed E-state index contributed by atoms with van der Waals surface area (Å²) in [6.07, 6.45) is 7.43. The van der Waals surface area contributed by atoms with E-state index in [2.05, 4.69) is 13.8 Å². The fraction of sp³-hybridized carbons (Fsp3) is 0.632. The van der Waals surface area contributed by atoms with Gasteiger partial charge in [-0.3, -0.25) is 4.79 Å². The topological polar surface area (TPSA) is 63.7 Å². The number of amides is 1. The molecule has 1 amide bonds. The van der Waals surface area contributed by atoms with Crippen LogP contribution in [-0.4, -0.2) is 31.5 Å². The molecule has 0 bridgehead atoms. The summed E-state index contributed by atoms with van der Waals surface area (Å²) in [4.78, 5) is 15.0. The zero-order chi connectivity index (χ0) is 18.4. The van der Waals surface area contributed by atoms with E-state index in [0.29, 0.717) is 12.3 Å². The highest BCUT2D eigenvalue weighted by Crippen LogP contribution is 2.27. The fourth-order valence-electron chi connectivity index (χ4n) is 3.28. The highest BCUT2D eigenvalue weighted by atomic mass is 32.2. The monoisotopic (exact) mass is 367 g/mol. The molecule has 0 aliphatic heterocycles. The number of nitrogens with zero attached hydrogens (tertiary/aromatic N) is 1. The molecular weight excluding hydrogens is 338 g/mol. The molecule has 2 rings (SSSR count). The Morgan fingerprint density at radius 2 is 1.80 bits per heavy atom. The van der Waals surface area contributed by atoms with Crippen LogP contribution in [-0.2, 0) is 21.5 Å². The van der Waals surface area contributed by atoms with Gasteiger partial charge in [-0.2, -0.15) is 8.42 Å². The number of carbonyl (C=O) groups is 1. The third-order valence-corrected chi connectivity index (χ3v) is 5.38. The molecule has 1 aromatic rings. The molecule has 0 radical (unpaired) electrons. The van der Waals surface area contributed by atoms with Gasteiger partial charge in [-0.05, 0) is 43.9 Å². The van der Waals surface area contributed by atoms with Crippen LogP contribution >= 0.6 is 0 Å². The second kappa shape index (κ2) is 8.70. The van der Waals surface area contributed by atoms with Crippen LogP contribution in [0.15, 0.2) is 24.3 Å². The van der Waals surface area contributed by atoms with Crippen LogP contribution in [0.2, 0.25) is 0 Å². The molecule has 0 saturated heterocycles. The number of benzene rings is 1. The van der Waals surface area contributed by atoms with Crippen molar-refractivity contribution < 1.29 is 17.4 Å². The van der Waals surface area contributed by atoms with E-state index in [4.69, 9.17) is 4.18 Å². The van der Waals surface area contributed by atoms with Gasteiger partial charge in [0.2, 0.25) is 5.91 Å². The predicted octanol–water partition coefficient (Wildman–Crippen LogP) is 3.73. The van der Waals surface area contributed by atoms with Gasteiger partial charge in [-0.1, -0.05) is 38.3 Å². The summed E-state index contributed by atoms with van der Waals surface area (Å²) in [6, 6.07) is 7.10. The lowest BCUT2D eigenvalue weighted by Gasteiger charge is -2.33. The van der Waals surface area contributed by atoms with Gasteiger partial charge in [-0.15, -0.1) is 0 Å². The van der Waals surface area contributed by atoms with Crippen LogP contribution in [0.3, 0.4) is 0 Å². The summed E-state index contributed by atoms with van der Waals surface area (Å²) in [5.74, 6) is 0.695. The highest BCUT2D eigenvalue weighted by Gasteiger charge is 2.28. The first kappa shape index (κ1) is 19.8. The van der Waals surface area contributed by atoms with E-state index < -0.39 is 10.1 Å². The minimum Gasteiger partial charge on any atom is -0.383 e. The van der Waals surface area contributed by atoms with Crippen molar-refractivity contribution in [2.24, 2.45) is 5.92 Å². The van der Waals surface area contributed by atoms with Crippen molar-refractivity contribution in [1.29, 1.82) is 0 Å². The molecule has 5 nitrogen and oxygen atoms in total. The Hall–Kier alpha value is -1.56.